The Morgan fingerprint density at radius 3 is 2.32 bits per heavy atom. The molecule has 19 heavy (non-hydrogen) atoms. The van der Waals surface area contributed by atoms with Crippen molar-refractivity contribution in [3.63, 3.8) is 0 Å². The Morgan fingerprint density at radius 1 is 1.16 bits per heavy atom. The number of allylic oxidation sites excluding steroid dienone is 1. The normalized spacial score (nSPS) is 12.6. The summed E-state index contributed by atoms with van der Waals surface area (Å²) < 4.78 is 14.4. The summed E-state index contributed by atoms with van der Waals surface area (Å²) in [5, 5.41) is 6.88. The number of carbonyl (C=O) groups excluding carboxylic acids is 2. The van der Waals surface area contributed by atoms with Gasteiger partial charge in [-0.3, -0.25) is 0 Å². The molecule has 0 saturated carbocycles. The van der Waals surface area contributed by atoms with E-state index in [1.165, 1.54) is 14.0 Å². The van der Waals surface area contributed by atoms with Gasteiger partial charge in [0.2, 0.25) is 0 Å². The number of amides is 1. The third-order valence-corrected chi connectivity index (χ3v) is 1.54. The maximum absolute atomic E-state index is 11.2. The van der Waals surface area contributed by atoms with Crippen molar-refractivity contribution in [2.75, 3.05) is 20.3 Å². The quantitative estimate of drug-likeness (QED) is 0.332. The van der Waals surface area contributed by atoms with E-state index < -0.39 is 17.7 Å². The average molecular weight is 272 g/mol. The number of hydrogen-bond acceptors (Lipinski definition) is 6. The molecule has 0 aromatic rings. The lowest BCUT2D eigenvalue weighted by Gasteiger charge is -2.16. The lowest BCUT2D eigenvalue weighted by molar-refractivity contribution is -0.139. The zero-order valence-corrected chi connectivity index (χ0v) is 11.9. The van der Waals surface area contributed by atoms with Gasteiger partial charge in [-0.1, -0.05) is 5.11 Å². The van der Waals surface area contributed by atoms with Crippen molar-refractivity contribution in [3.8, 4) is 0 Å². The number of azo groups is 1. The van der Waals surface area contributed by atoms with Gasteiger partial charge in [-0.2, -0.15) is 0 Å². The van der Waals surface area contributed by atoms with Crippen LogP contribution in [0.4, 0.5) is 4.79 Å². The molecule has 1 amide bonds. The van der Waals surface area contributed by atoms with E-state index in [2.05, 4.69) is 10.2 Å². The molecule has 0 fully saturated rings. The van der Waals surface area contributed by atoms with Crippen LogP contribution in [0.25, 0.3) is 0 Å². The summed E-state index contributed by atoms with van der Waals surface area (Å²) in [6.45, 7) is 7.15. The van der Waals surface area contributed by atoms with E-state index in [4.69, 9.17) is 14.2 Å². The van der Waals surface area contributed by atoms with E-state index in [1.807, 2.05) is 0 Å². The molecule has 0 rings (SSSR count). The molecule has 0 N–H and O–H groups in total. The fourth-order valence-corrected chi connectivity index (χ4v) is 0.869. The van der Waals surface area contributed by atoms with Gasteiger partial charge in [0.25, 0.3) is 0 Å². The van der Waals surface area contributed by atoms with Gasteiger partial charge in [-0.15, -0.1) is 5.11 Å². The van der Waals surface area contributed by atoms with Crippen molar-refractivity contribution in [2.24, 2.45) is 10.2 Å². The average Bonchev–Trinajstić information content (AvgIpc) is 2.24. The molecular weight excluding hydrogens is 252 g/mol. The molecule has 0 atom stereocenters. The number of methoxy groups -OCH3 is 1. The Morgan fingerprint density at radius 2 is 1.79 bits per heavy atom. The van der Waals surface area contributed by atoms with Gasteiger partial charge in [0.05, 0.1) is 12.3 Å². The summed E-state index contributed by atoms with van der Waals surface area (Å²) in [5.41, 5.74) is -0.388. The molecule has 108 valence electrons. The van der Waals surface area contributed by atoms with Gasteiger partial charge in [-0.05, 0) is 27.7 Å². The summed E-state index contributed by atoms with van der Waals surface area (Å²) in [7, 11) is 1.50. The highest BCUT2D eigenvalue weighted by Crippen LogP contribution is 2.08. The van der Waals surface area contributed by atoms with Crippen molar-refractivity contribution in [3.05, 3.63) is 11.8 Å². The minimum absolute atomic E-state index is 0.155. The summed E-state index contributed by atoms with van der Waals surface area (Å²) >= 11 is 0. The van der Waals surface area contributed by atoms with E-state index in [0.717, 1.165) is 6.08 Å². The van der Waals surface area contributed by atoms with Crippen LogP contribution >= 0.6 is 0 Å². The van der Waals surface area contributed by atoms with Crippen LogP contribution in [0.1, 0.15) is 27.7 Å². The second kappa shape index (κ2) is 8.36. The minimum Gasteiger partial charge on any atom is -0.460 e. The van der Waals surface area contributed by atoms with Crippen LogP contribution in [0.15, 0.2) is 22.0 Å². The van der Waals surface area contributed by atoms with Crippen LogP contribution in [0.5, 0.6) is 0 Å². The lowest BCUT2D eigenvalue weighted by Crippen LogP contribution is -2.21. The van der Waals surface area contributed by atoms with Crippen LogP contribution in [0.2, 0.25) is 0 Å². The third kappa shape index (κ3) is 11.1. The molecule has 0 aliphatic heterocycles. The maximum atomic E-state index is 11.2. The van der Waals surface area contributed by atoms with Crippen molar-refractivity contribution < 1.29 is 23.8 Å². The maximum Gasteiger partial charge on any atom is 0.452 e. The highest BCUT2D eigenvalue weighted by atomic mass is 16.6. The standard InChI is InChI=1S/C12H20N2O5/c1-9(8-10(15)18-7-6-17-5)13-14-11(16)19-12(2,3)4/h8H,6-7H2,1-5H3/b9-8-,14-13?. The number of ether oxygens (including phenoxy) is 3. The molecule has 7 nitrogen and oxygen atoms in total. The molecule has 0 aromatic heterocycles. The molecule has 7 heteroatoms. The first-order valence-electron chi connectivity index (χ1n) is 5.73. The Kier molecular flexibility index (Phi) is 7.59. The molecular formula is C12H20N2O5. The number of nitrogens with zero attached hydrogens (tertiary/aromatic N) is 2. The van der Waals surface area contributed by atoms with Crippen LogP contribution in [-0.2, 0) is 19.0 Å². The second-order valence-corrected chi connectivity index (χ2v) is 4.63. The Balaban J connectivity index is 4.24. The zero-order valence-electron chi connectivity index (χ0n) is 11.9. The first-order valence-corrected chi connectivity index (χ1v) is 5.73. The van der Waals surface area contributed by atoms with E-state index in [9.17, 15) is 9.59 Å². The summed E-state index contributed by atoms with van der Waals surface area (Å²) in [5.74, 6) is -0.572. The predicted octanol–water partition coefficient (Wildman–Crippen LogP) is 2.47. The van der Waals surface area contributed by atoms with Gasteiger partial charge >= 0.3 is 12.1 Å². The smallest absolute Gasteiger partial charge is 0.452 e. The molecule has 0 heterocycles. The fourth-order valence-electron chi connectivity index (χ4n) is 0.869. The van der Waals surface area contributed by atoms with Crippen molar-refractivity contribution >= 4 is 12.1 Å². The highest BCUT2D eigenvalue weighted by molar-refractivity contribution is 5.82. The highest BCUT2D eigenvalue weighted by Gasteiger charge is 2.15. The van der Waals surface area contributed by atoms with Gasteiger partial charge < -0.3 is 14.2 Å². The number of esters is 1. The monoisotopic (exact) mass is 272 g/mol. The number of carbonyl (C=O) groups is 2. The van der Waals surface area contributed by atoms with Crippen molar-refractivity contribution in [1.82, 2.24) is 0 Å². The second-order valence-electron chi connectivity index (χ2n) is 4.63. The first kappa shape index (κ1) is 17.2. The molecule has 0 aromatic carbocycles. The molecule has 0 radical (unpaired) electrons. The Hall–Kier alpha value is -1.76. The Bertz CT molecular complexity index is 369. The van der Waals surface area contributed by atoms with Crippen LogP contribution in [0.3, 0.4) is 0 Å². The van der Waals surface area contributed by atoms with E-state index >= 15 is 0 Å². The molecule has 0 aliphatic carbocycles. The van der Waals surface area contributed by atoms with Crippen molar-refractivity contribution in [1.29, 1.82) is 0 Å². The molecule has 0 saturated heterocycles. The molecule has 0 aliphatic rings. The first-order chi connectivity index (χ1) is 8.74. The fraction of sp³-hybridized carbons (Fsp3) is 0.667. The summed E-state index contributed by atoms with van der Waals surface area (Å²) in [6, 6.07) is 0. The summed E-state index contributed by atoms with van der Waals surface area (Å²) in [6.07, 6.45) is 0.316. The zero-order chi connectivity index (χ0) is 14.9. The van der Waals surface area contributed by atoms with Crippen LogP contribution in [0, 0.1) is 0 Å². The predicted molar refractivity (Wildman–Crippen MR) is 67.7 cm³/mol. The largest absolute Gasteiger partial charge is 0.460 e. The lowest BCUT2D eigenvalue weighted by atomic mass is 10.2. The molecule has 0 spiro atoms. The minimum atomic E-state index is -0.812. The SMILES string of the molecule is COCCOC(=O)/C=C(/C)N=NC(=O)OC(C)(C)C. The Labute approximate surface area is 112 Å². The molecule has 0 unspecified atom stereocenters. The van der Waals surface area contributed by atoms with Gasteiger partial charge in [0.15, 0.2) is 0 Å². The third-order valence-electron chi connectivity index (χ3n) is 1.54. The van der Waals surface area contributed by atoms with Gasteiger partial charge in [0, 0.05) is 13.2 Å². The van der Waals surface area contributed by atoms with Crippen molar-refractivity contribution in [2.45, 2.75) is 33.3 Å². The summed E-state index contributed by atoms with van der Waals surface area (Å²) in [4.78, 5) is 22.4. The van der Waals surface area contributed by atoms with Crippen LogP contribution in [-0.4, -0.2) is 38.0 Å². The van der Waals surface area contributed by atoms with Gasteiger partial charge in [0.1, 0.15) is 12.2 Å². The van der Waals surface area contributed by atoms with Crippen LogP contribution < -0.4 is 0 Å². The molecule has 0 bridgehead atoms. The topological polar surface area (TPSA) is 86.5 Å². The van der Waals surface area contributed by atoms with E-state index in [1.54, 1.807) is 20.8 Å². The van der Waals surface area contributed by atoms with E-state index in [-0.39, 0.29) is 12.3 Å². The van der Waals surface area contributed by atoms with E-state index in [0.29, 0.717) is 6.61 Å². The number of rotatable bonds is 5. The van der Waals surface area contributed by atoms with Gasteiger partial charge in [-0.25, -0.2) is 9.59 Å². The number of hydrogen-bond donors (Lipinski definition) is 0.